The minimum Gasteiger partial charge on any atom is -0.457 e. The van der Waals surface area contributed by atoms with E-state index < -0.39 is 5.41 Å². The number of fused-ring (bicyclic) bond motifs is 15. The highest BCUT2D eigenvalue weighted by Gasteiger charge is 2.51. The highest BCUT2D eigenvalue weighted by Crippen LogP contribution is 2.63. The second-order valence-corrected chi connectivity index (χ2v) is 18.7. The zero-order chi connectivity index (χ0) is 44.4. The average molecular weight is 858 g/mol. The van der Waals surface area contributed by atoms with Crippen LogP contribution in [0, 0.1) is 0 Å². The lowest BCUT2D eigenvalue weighted by atomic mass is 9.66. The van der Waals surface area contributed by atoms with Crippen LogP contribution in [0.25, 0.3) is 66.4 Å². The monoisotopic (exact) mass is 857 g/mol. The average Bonchev–Trinajstić information content (AvgIpc) is 3.99. The topological polar surface area (TPSA) is 25.6 Å². The van der Waals surface area contributed by atoms with E-state index in [2.05, 4.69) is 243 Å². The maximum atomic E-state index is 7.04. The molecule has 14 rings (SSSR count). The van der Waals surface area contributed by atoms with Crippen LogP contribution in [0.3, 0.4) is 0 Å². The number of hydrogen-bond acceptors (Lipinski definition) is 3. The Labute approximate surface area is 389 Å². The summed E-state index contributed by atoms with van der Waals surface area (Å²) in [5, 5.41) is 2.13. The lowest BCUT2D eigenvalue weighted by Gasteiger charge is -2.40. The Morgan fingerprint density at radius 2 is 0.940 bits per heavy atom. The van der Waals surface area contributed by atoms with E-state index >= 15 is 0 Å². The second-order valence-electron chi connectivity index (χ2n) is 18.7. The number of furan rings is 1. The van der Waals surface area contributed by atoms with E-state index in [-0.39, 0.29) is 5.41 Å². The van der Waals surface area contributed by atoms with Crippen molar-refractivity contribution in [2.24, 2.45) is 0 Å². The molecule has 3 nitrogen and oxygen atoms in total. The maximum absolute atomic E-state index is 7.04. The summed E-state index contributed by atoms with van der Waals surface area (Å²) in [5.41, 5.74) is 21.2. The third kappa shape index (κ3) is 5.28. The van der Waals surface area contributed by atoms with Gasteiger partial charge in [-0.15, -0.1) is 0 Å². The molecule has 1 aliphatic heterocycles. The Morgan fingerprint density at radius 3 is 1.70 bits per heavy atom. The van der Waals surface area contributed by atoms with Crippen molar-refractivity contribution in [1.82, 2.24) is 0 Å². The van der Waals surface area contributed by atoms with E-state index in [9.17, 15) is 0 Å². The molecule has 0 amide bonds. The highest BCUT2D eigenvalue weighted by molar-refractivity contribution is 6.17. The Hall–Kier alpha value is -8.40. The van der Waals surface area contributed by atoms with Crippen molar-refractivity contribution >= 4 is 39.0 Å². The van der Waals surface area contributed by atoms with Gasteiger partial charge in [-0.2, -0.15) is 0 Å². The van der Waals surface area contributed by atoms with Crippen LogP contribution in [-0.4, -0.2) is 0 Å². The van der Waals surface area contributed by atoms with Gasteiger partial charge in [-0.05, 0) is 122 Å². The van der Waals surface area contributed by atoms with Gasteiger partial charge in [0.2, 0.25) is 0 Å². The SMILES string of the molecule is CC1(C)c2ccccc2-c2cc(-c3ccc(N(c4ccc(-c5ccccc5)cc4)c4ccc5c(c4)C4(c6ccccc6O5)c5ccccc5-c5ccccc54)c4c3oc3ccccc34)ccc21. The van der Waals surface area contributed by atoms with Crippen LogP contribution in [0.4, 0.5) is 17.1 Å². The van der Waals surface area contributed by atoms with Crippen LogP contribution in [-0.2, 0) is 10.8 Å². The van der Waals surface area contributed by atoms with Gasteiger partial charge in [0.15, 0.2) is 0 Å². The van der Waals surface area contributed by atoms with E-state index in [1.807, 2.05) is 0 Å². The van der Waals surface area contributed by atoms with Gasteiger partial charge in [0.05, 0.1) is 16.5 Å². The molecule has 3 aliphatic rings. The summed E-state index contributed by atoms with van der Waals surface area (Å²) in [6.45, 7) is 4.67. The molecular weight excluding hydrogens is 815 g/mol. The smallest absolute Gasteiger partial charge is 0.145 e. The summed E-state index contributed by atoms with van der Waals surface area (Å²) in [7, 11) is 0. The summed E-state index contributed by atoms with van der Waals surface area (Å²) in [6, 6.07) is 81.7. The number of rotatable bonds is 5. The van der Waals surface area contributed by atoms with Gasteiger partial charge in [-0.3, -0.25) is 0 Å². The molecule has 2 heterocycles. The number of nitrogens with zero attached hydrogens (tertiary/aromatic N) is 1. The van der Waals surface area contributed by atoms with Gasteiger partial charge in [0.1, 0.15) is 22.7 Å². The molecule has 10 aromatic carbocycles. The molecule has 1 spiro atoms. The van der Waals surface area contributed by atoms with Gasteiger partial charge in [0.25, 0.3) is 0 Å². The minimum absolute atomic E-state index is 0.0806. The molecule has 0 unspecified atom stereocenters. The second kappa shape index (κ2) is 14.1. The first-order chi connectivity index (χ1) is 33.0. The lowest BCUT2D eigenvalue weighted by Crippen LogP contribution is -2.32. The largest absolute Gasteiger partial charge is 0.457 e. The molecule has 0 bridgehead atoms. The number of para-hydroxylation sites is 2. The van der Waals surface area contributed by atoms with E-state index in [1.54, 1.807) is 0 Å². The molecule has 0 saturated heterocycles. The molecule has 0 atom stereocenters. The molecule has 11 aromatic rings. The normalized spacial score (nSPS) is 14.2. The van der Waals surface area contributed by atoms with Crippen molar-refractivity contribution in [1.29, 1.82) is 0 Å². The lowest BCUT2D eigenvalue weighted by molar-refractivity contribution is 0.436. The van der Waals surface area contributed by atoms with Crippen molar-refractivity contribution in [2.45, 2.75) is 24.7 Å². The third-order valence-corrected chi connectivity index (χ3v) is 15.0. The van der Waals surface area contributed by atoms with Crippen LogP contribution < -0.4 is 9.64 Å². The van der Waals surface area contributed by atoms with Crippen molar-refractivity contribution in [3.8, 4) is 56.0 Å². The Bertz CT molecular complexity index is 3770. The molecule has 0 radical (unpaired) electrons. The molecule has 67 heavy (non-hydrogen) atoms. The van der Waals surface area contributed by atoms with E-state index in [1.165, 1.54) is 50.1 Å². The quantitative estimate of drug-likeness (QED) is 0.172. The van der Waals surface area contributed by atoms with Crippen LogP contribution in [0.2, 0.25) is 0 Å². The predicted octanol–water partition coefficient (Wildman–Crippen LogP) is 17.2. The summed E-state index contributed by atoms with van der Waals surface area (Å²) in [5.74, 6) is 1.73. The molecule has 3 heteroatoms. The summed E-state index contributed by atoms with van der Waals surface area (Å²) >= 11 is 0. The number of anilines is 3. The molecule has 2 aliphatic carbocycles. The van der Waals surface area contributed by atoms with Crippen LogP contribution in [0.1, 0.15) is 47.2 Å². The van der Waals surface area contributed by atoms with Gasteiger partial charge in [-0.25, -0.2) is 0 Å². The number of hydrogen-bond donors (Lipinski definition) is 0. The first kappa shape index (κ1) is 37.9. The fourth-order valence-electron chi connectivity index (χ4n) is 12.0. The van der Waals surface area contributed by atoms with Gasteiger partial charge < -0.3 is 14.1 Å². The van der Waals surface area contributed by atoms with E-state index in [0.29, 0.717) is 0 Å². The van der Waals surface area contributed by atoms with Gasteiger partial charge in [0, 0.05) is 38.9 Å². The molecule has 0 fully saturated rings. The van der Waals surface area contributed by atoms with Crippen molar-refractivity contribution in [3.63, 3.8) is 0 Å². The predicted molar refractivity (Wildman–Crippen MR) is 274 cm³/mol. The zero-order valence-corrected chi connectivity index (χ0v) is 37.1. The standard InChI is InChI=1S/C64H43NO2/c1-63(2)51-22-10-6-20-48(51)50-38-42(30-35-52(50)63)45-34-36-57(61-49-21-9-14-26-58(49)67-62(45)61)65(43-31-28-41(29-32-43)40-16-4-3-5-17-40)44-33-37-60-56(39-44)64(55-25-13-15-27-59(55)66-60)53-23-11-7-18-46(53)47-19-8-12-24-54(47)64/h3-39H,1-2H3. The molecule has 0 N–H and O–H groups in total. The van der Waals surface area contributed by atoms with Crippen molar-refractivity contribution in [3.05, 3.63) is 258 Å². The Kier molecular flexibility index (Phi) is 7.95. The fourth-order valence-corrected chi connectivity index (χ4v) is 12.0. The molecule has 0 saturated carbocycles. The first-order valence-corrected chi connectivity index (χ1v) is 23.2. The van der Waals surface area contributed by atoms with Gasteiger partial charge in [-0.1, -0.05) is 178 Å². The first-order valence-electron chi connectivity index (χ1n) is 23.2. The molecular formula is C64H43NO2. The van der Waals surface area contributed by atoms with E-state index in [4.69, 9.17) is 9.15 Å². The highest BCUT2D eigenvalue weighted by atomic mass is 16.5. The Balaban J connectivity index is 1.03. The van der Waals surface area contributed by atoms with Crippen LogP contribution in [0.15, 0.2) is 229 Å². The Morgan fingerprint density at radius 1 is 0.373 bits per heavy atom. The van der Waals surface area contributed by atoms with Crippen LogP contribution >= 0.6 is 0 Å². The fraction of sp³-hybridized carbons (Fsp3) is 0.0625. The summed E-state index contributed by atoms with van der Waals surface area (Å²) in [4.78, 5) is 2.42. The number of ether oxygens (including phenoxy) is 1. The minimum atomic E-state index is -0.613. The number of benzene rings is 10. The molecule has 316 valence electrons. The summed E-state index contributed by atoms with van der Waals surface area (Å²) in [6.07, 6.45) is 0. The van der Waals surface area contributed by atoms with Crippen LogP contribution in [0.5, 0.6) is 11.5 Å². The van der Waals surface area contributed by atoms with E-state index in [0.717, 1.165) is 78.3 Å². The van der Waals surface area contributed by atoms with Crippen molar-refractivity contribution in [2.75, 3.05) is 4.90 Å². The van der Waals surface area contributed by atoms with Gasteiger partial charge >= 0.3 is 0 Å². The third-order valence-electron chi connectivity index (χ3n) is 15.0. The summed E-state index contributed by atoms with van der Waals surface area (Å²) < 4.78 is 14.0. The molecule has 1 aromatic heterocycles. The maximum Gasteiger partial charge on any atom is 0.145 e. The van der Waals surface area contributed by atoms with Crippen molar-refractivity contribution < 1.29 is 9.15 Å². The zero-order valence-electron chi connectivity index (χ0n) is 37.1.